The first-order valence-corrected chi connectivity index (χ1v) is 9.71. The summed E-state index contributed by atoms with van der Waals surface area (Å²) in [5.41, 5.74) is 4.38. The molecule has 2 aliphatic carbocycles. The lowest BCUT2D eigenvalue weighted by Crippen LogP contribution is -2.25. The molecule has 136 valence electrons. The zero-order valence-electron chi connectivity index (χ0n) is 14.8. The highest BCUT2D eigenvalue weighted by Gasteiger charge is 2.54. The SMILES string of the molecule is O=c1c(Cl)c(NCC2C3Cc4ccccc4C23)cnn1Cc1ccccc1. The normalized spacial score (nSPS) is 22.2. The van der Waals surface area contributed by atoms with E-state index < -0.39 is 0 Å². The van der Waals surface area contributed by atoms with Crippen LogP contribution in [-0.4, -0.2) is 16.3 Å². The third-order valence-corrected chi connectivity index (χ3v) is 6.25. The van der Waals surface area contributed by atoms with E-state index in [-0.39, 0.29) is 10.6 Å². The summed E-state index contributed by atoms with van der Waals surface area (Å²) in [5, 5.41) is 7.87. The standard InChI is InChI=1S/C22H20ClN3O/c23-21-19(12-25-26(22(21)27)13-14-6-2-1-3-7-14)24-11-18-17-10-15-8-4-5-9-16(15)20(17)18/h1-9,12,17-18,20,24H,10-11,13H2. The average molecular weight is 378 g/mol. The molecule has 1 aromatic heterocycles. The third-order valence-electron chi connectivity index (χ3n) is 5.89. The minimum absolute atomic E-state index is 0.215. The molecule has 0 spiro atoms. The first kappa shape index (κ1) is 16.6. The predicted molar refractivity (Wildman–Crippen MR) is 107 cm³/mol. The van der Waals surface area contributed by atoms with Crippen molar-refractivity contribution in [2.45, 2.75) is 18.9 Å². The number of fused-ring (bicyclic) bond motifs is 3. The number of hydrogen-bond acceptors (Lipinski definition) is 3. The maximum atomic E-state index is 12.5. The Morgan fingerprint density at radius 1 is 1.11 bits per heavy atom. The second kappa shape index (κ2) is 6.54. The Balaban J connectivity index is 1.27. The number of nitrogens with one attached hydrogen (secondary N) is 1. The summed E-state index contributed by atoms with van der Waals surface area (Å²) in [7, 11) is 0. The summed E-state index contributed by atoms with van der Waals surface area (Å²) >= 11 is 6.33. The fourth-order valence-electron chi connectivity index (χ4n) is 4.45. The van der Waals surface area contributed by atoms with Crippen LogP contribution in [0.25, 0.3) is 0 Å². The molecule has 0 amide bonds. The summed E-state index contributed by atoms with van der Waals surface area (Å²) in [6.07, 6.45) is 2.83. The van der Waals surface area contributed by atoms with Crippen molar-refractivity contribution in [1.82, 2.24) is 9.78 Å². The Labute approximate surface area is 162 Å². The lowest BCUT2D eigenvalue weighted by Gasteiger charge is -2.12. The van der Waals surface area contributed by atoms with Gasteiger partial charge >= 0.3 is 0 Å². The van der Waals surface area contributed by atoms with Gasteiger partial charge in [0.1, 0.15) is 5.02 Å². The number of hydrogen-bond donors (Lipinski definition) is 1. The molecule has 3 atom stereocenters. The molecule has 0 aliphatic heterocycles. The molecule has 2 aromatic carbocycles. The molecule has 3 unspecified atom stereocenters. The quantitative estimate of drug-likeness (QED) is 0.732. The number of halogens is 1. The van der Waals surface area contributed by atoms with Crippen molar-refractivity contribution in [2.75, 3.05) is 11.9 Å². The van der Waals surface area contributed by atoms with Crippen LogP contribution in [-0.2, 0) is 13.0 Å². The average Bonchev–Trinajstić information content (AvgIpc) is 3.23. The first-order chi connectivity index (χ1) is 13.2. The number of rotatable bonds is 5. The summed E-state index contributed by atoms with van der Waals surface area (Å²) in [6, 6.07) is 18.5. The Bertz CT molecular complexity index is 1050. The van der Waals surface area contributed by atoms with Gasteiger partial charge < -0.3 is 5.32 Å². The van der Waals surface area contributed by atoms with Gasteiger partial charge in [0.25, 0.3) is 5.56 Å². The van der Waals surface area contributed by atoms with E-state index in [2.05, 4.69) is 34.7 Å². The van der Waals surface area contributed by atoms with E-state index in [4.69, 9.17) is 11.6 Å². The highest BCUT2D eigenvalue weighted by atomic mass is 35.5. The molecular formula is C22H20ClN3O. The fraction of sp³-hybridized carbons (Fsp3) is 0.273. The topological polar surface area (TPSA) is 46.9 Å². The van der Waals surface area contributed by atoms with E-state index in [1.807, 2.05) is 30.3 Å². The molecule has 5 rings (SSSR count). The van der Waals surface area contributed by atoms with Crippen molar-refractivity contribution in [3.05, 3.63) is 92.9 Å². The molecule has 0 saturated heterocycles. The van der Waals surface area contributed by atoms with E-state index >= 15 is 0 Å². The van der Waals surface area contributed by atoms with Crippen LogP contribution in [0.3, 0.4) is 0 Å². The maximum absolute atomic E-state index is 12.5. The first-order valence-electron chi connectivity index (χ1n) is 9.33. The van der Waals surface area contributed by atoms with Gasteiger partial charge in [-0.3, -0.25) is 4.79 Å². The summed E-state index contributed by atoms with van der Waals surface area (Å²) in [4.78, 5) is 12.5. The van der Waals surface area contributed by atoms with Gasteiger partial charge in [-0.25, -0.2) is 4.68 Å². The minimum Gasteiger partial charge on any atom is -0.382 e. The van der Waals surface area contributed by atoms with Gasteiger partial charge in [0, 0.05) is 6.54 Å². The third kappa shape index (κ3) is 2.94. The Hall–Kier alpha value is -2.59. The van der Waals surface area contributed by atoms with Crippen LogP contribution in [0.15, 0.2) is 65.6 Å². The lowest BCUT2D eigenvalue weighted by molar-refractivity contribution is 0.639. The fourth-order valence-corrected chi connectivity index (χ4v) is 4.66. The zero-order valence-corrected chi connectivity index (χ0v) is 15.6. The van der Waals surface area contributed by atoms with Gasteiger partial charge in [-0.15, -0.1) is 0 Å². The molecule has 1 saturated carbocycles. The van der Waals surface area contributed by atoms with E-state index in [1.54, 1.807) is 6.20 Å². The van der Waals surface area contributed by atoms with Crippen molar-refractivity contribution in [1.29, 1.82) is 0 Å². The second-order valence-electron chi connectivity index (χ2n) is 7.46. The highest BCUT2D eigenvalue weighted by molar-refractivity contribution is 6.32. The van der Waals surface area contributed by atoms with Crippen molar-refractivity contribution >= 4 is 17.3 Å². The monoisotopic (exact) mass is 377 g/mol. The molecule has 5 heteroatoms. The molecule has 27 heavy (non-hydrogen) atoms. The molecule has 1 heterocycles. The van der Waals surface area contributed by atoms with Crippen molar-refractivity contribution in [3.8, 4) is 0 Å². The molecule has 0 bridgehead atoms. The van der Waals surface area contributed by atoms with Crippen LogP contribution in [0.5, 0.6) is 0 Å². The van der Waals surface area contributed by atoms with Crippen LogP contribution in [0.2, 0.25) is 5.02 Å². The summed E-state index contributed by atoms with van der Waals surface area (Å²) < 4.78 is 1.41. The van der Waals surface area contributed by atoms with Crippen LogP contribution >= 0.6 is 11.6 Å². The number of aromatic nitrogens is 2. The maximum Gasteiger partial charge on any atom is 0.287 e. The largest absolute Gasteiger partial charge is 0.382 e. The molecule has 3 aromatic rings. The highest BCUT2D eigenvalue weighted by Crippen LogP contribution is 2.61. The number of benzene rings is 2. The Morgan fingerprint density at radius 3 is 2.74 bits per heavy atom. The van der Waals surface area contributed by atoms with E-state index in [1.165, 1.54) is 15.8 Å². The molecule has 1 N–H and O–H groups in total. The van der Waals surface area contributed by atoms with Gasteiger partial charge in [0.2, 0.25) is 0 Å². The molecule has 2 aliphatic rings. The van der Waals surface area contributed by atoms with E-state index in [9.17, 15) is 4.79 Å². The molecule has 4 nitrogen and oxygen atoms in total. The van der Waals surface area contributed by atoms with Gasteiger partial charge in [0.15, 0.2) is 0 Å². The van der Waals surface area contributed by atoms with Crippen LogP contribution in [0, 0.1) is 11.8 Å². The van der Waals surface area contributed by atoms with Crippen LogP contribution in [0.1, 0.15) is 22.6 Å². The predicted octanol–water partition coefficient (Wildman–Crippen LogP) is 3.94. The van der Waals surface area contributed by atoms with Crippen LogP contribution in [0.4, 0.5) is 5.69 Å². The van der Waals surface area contributed by atoms with Gasteiger partial charge in [-0.1, -0.05) is 66.2 Å². The molecule has 1 fully saturated rings. The summed E-state index contributed by atoms with van der Waals surface area (Å²) in [5.74, 6) is 1.99. The smallest absolute Gasteiger partial charge is 0.287 e. The van der Waals surface area contributed by atoms with Crippen molar-refractivity contribution in [2.24, 2.45) is 11.8 Å². The van der Waals surface area contributed by atoms with Crippen molar-refractivity contribution in [3.63, 3.8) is 0 Å². The summed E-state index contributed by atoms with van der Waals surface area (Å²) in [6.45, 7) is 1.25. The van der Waals surface area contributed by atoms with Gasteiger partial charge in [0.05, 0.1) is 18.4 Å². The Kier molecular flexibility index (Phi) is 4.01. The van der Waals surface area contributed by atoms with E-state index in [0.29, 0.717) is 24.1 Å². The molecular weight excluding hydrogens is 358 g/mol. The van der Waals surface area contributed by atoms with Gasteiger partial charge in [-0.05, 0) is 40.9 Å². The minimum atomic E-state index is -0.258. The van der Waals surface area contributed by atoms with Crippen LogP contribution < -0.4 is 10.9 Å². The molecule has 0 radical (unpaired) electrons. The number of anilines is 1. The van der Waals surface area contributed by atoms with Gasteiger partial charge in [-0.2, -0.15) is 5.10 Å². The lowest BCUT2D eigenvalue weighted by atomic mass is 10.0. The zero-order chi connectivity index (χ0) is 18.4. The number of nitrogens with zero attached hydrogens (tertiary/aromatic N) is 2. The van der Waals surface area contributed by atoms with Crippen molar-refractivity contribution < 1.29 is 0 Å². The second-order valence-corrected chi connectivity index (χ2v) is 7.84. The Morgan fingerprint density at radius 2 is 1.89 bits per heavy atom. The van der Waals surface area contributed by atoms with E-state index in [0.717, 1.165) is 24.4 Å².